The zero-order valence-corrected chi connectivity index (χ0v) is 13.7. The maximum atomic E-state index is 13.1. The topological polar surface area (TPSA) is 54.3 Å². The fourth-order valence-corrected chi connectivity index (χ4v) is 3.62. The molecule has 0 radical (unpaired) electrons. The van der Waals surface area contributed by atoms with Crippen LogP contribution in [0.15, 0.2) is 24.3 Å². The lowest BCUT2D eigenvalue weighted by Crippen LogP contribution is -2.52. The van der Waals surface area contributed by atoms with Crippen LogP contribution in [-0.4, -0.2) is 62.7 Å². The third kappa shape index (κ3) is 2.69. The molecule has 1 aromatic carbocycles. The minimum atomic E-state index is -0.303. The first-order valence-corrected chi connectivity index (χ1v) is 8.35. The van der Waals surface area contributed by atoms with Crippen LogP contribution in [0.1, 0.15) is 29.3 Å². The van der Waals surface area contributed by atoms with Crippen molar-refractivity contribution < 1.29 is 9.18 Å². The van der Waals surface area contributed by atoms with E-state index in [4.69, 9.17) is 0 Å². The number of hydrogen-bond acceptors (Lipinski definition) is 4. The zero-order valence-electron chi connectivity index (χ0n) is 13.7. The fraction of sp³-hybridized carbons (Fsp3) is 0.471. The number of amides is 1. The Morgan fingerprint density at radius 1 is 1.21 bits per heavy atom. The van der Waals surface area contributed by atoms with Crippen molar-refractivity contribution in [1.29, 1.82) is 0 Å². The van der Waals surface area contributed by atoms with Crippen molar-refractivity contribution in [3.63, 3.8) is 0 Å². The lowest BCUT2D eigenvalue weighted by atomic mass is 10.1. The predicted molar refractivity (Wildman–Crippen MR) is 86.6 cm³/mol. The van der Waals surface area contributed by atoms with Gasteiger partial charge in [0.25, 0.3) is 5.91 Å². The average Bonchev–Trinajstić information content (AvgIpc) is 3.20. The van der Waals surface area contributed by atoms with Crippen LogP contribution in [0.4, 0.5) is 4.39 Å². The number of carbonyl (C=O) groups excluding carboxylic acids is 1. The third-order valence-corrected chi connectivity index (χ3v) is 4.91. The SMILES string of the molecule is Cc1nc(C(=O)N2CCN3CCCC3C2)nn1-c1ccc(F)cc1. The molecule has 4 rings (SSSR count). The van der Waals surface area contributed by atoms with Gasteiger partial charge in [0.15, 0.2) is 0 Å². The van der Waals surface area contributed by atoms with E-state index < -0.39 is 0 Å². The van der Waals surface area contributed by atoms with Gasteiger partial charge in [0.1, 0.15) is 11.6 Å². The normalized spacial score (nSPS) is 21.1. The molecule has 0 aliphatic carbocycles. The van der Waals surface area contributed by atoms with Crippen molar-refractivity contribution in [2.45, 2.75) is 25.8 Å². The van der Waals surface area contributed by atoms with E-state index in [1.165, 1.54) is 18.6 Å². The van der Waals surface area contributed by atoms with Crippen LogP contribution >= 0.6 is 0 Å². The second kappa shape index (κ2) is 5.98. The average molecular weight is 329 g/mol. The number of hydrogen-bond donors (Lipinski definition) is 0. The molecule has 1 amide bonds. The maximum absolute atomic E-state index is 13.1. The largest absolute Gasteiger partial charge is 0.333 e. The van der Waals surface area contributed by atoms with Gasteiger partial charge in [-0.2, -0.15) is 0 Å². The van der Waals surface area contributed by atoms with E-state index >= 15 is 0 Å². The van der Waals surface area contributed by atoms with Crippen LogP contribution in [0.3, 0.4) is 0 Å². The number of piperazine rings is 1. The number of aryl methyl sites for hydroxylation is 1. The number of nitrogens with zero attached hydrogens (tertiary/aromatic N) is 5. The molecule has 0 spiro atoms. The van der Waals surface area contributed by atoms with Gasteiger partial charge in [-0.15, -0.1) is 5.10 Å². The Balaban J connectivity index is 1.55. The second-order valence-electron chi connectivity index (χ2n) is 6.45. The van der Waals surface area contributed by atoms with E-state index in [-0.39, 0.29) is 17.5 Å². The van der Waals surface area contributed by atoms with E-state index in [0.717, 1.165) is 32.6 Å². The lowest BCUT2D eigenvalue weighted by molar-refractivity contribution is 0.0560. The highest BCUT2D eigenvalue weighted by Gasteiger charge is 2.34. The molecule has 6 nitrogen and oxygen atoms in total. The molecule has 24 heavy (non-hydrogen) atoms. The Kier molecular flexibility index (Phi) is 3.80. The number of benzene rings is 1. The molecule has 126 valence electrons. The molecule has 0 saturated carbocycles. The molecular weight excluding hydrogens is 309 g/mol. The molecule has 1 atom stereocenters. The van der Waals surface area contributed by atoms with Gasteiger partial charge in [-0.3, -0.25) is 9.69 Å². The highest BCUT2D eigenvalue weighted by molar-refractivity contribution is 5.90. The van der Waals surface area contributed by atoms with Crippen molar-refractivity contribution in [3.8, 4) is 5.69 Å². The molecule has 1 aromatic heterocycles. The second-order valence-corrected chi connectivity index (χ2v) is 6.45. The highest BCUT2D eigenvalue weighted by Crippen LogP contribution is 2.22. The van der Waals surface area contributed by atoms with Crippen LogP contribution in [0, 0.1) is 12.7 Å². The standard InChI is InChI=1S/C17H20FN5O/c1-12-19-16(20-23(12)14-6-4-13(18)5-7-14)17(24)22-10-9-21-8-2-3-15(21)11-22/h4-7,15H,2-3,8-11H2,1H3. The number of fused-ring (bicyclic) bond motifs is 1. The van der Waals surface area contributed by atoms with E-state index in [0.29, 0.717) is 17.6 Å². The minimum Gasteiger partial charge on any atom is -0.333 e. The summed E-state index contributed by atoms with van der Waals surface area (Å²) in [6.07, 6.45) is 2.36. The molecule has 0 N–H and O–H groups in total. The van der Waals surface area contributed by atoms with Crippen LogP contribution < -0.4 is 0 Å². The molecule has 2 saturated heterocycles. The Bertz CT molecular complexity index is 757. The van der Waals surface area contributed by atoms with Gasteiger partial charge in [0, 0.05) is 25.7 Å². The number of carbonyl (C=O) groups is 1. The van der Waals surface area contributed by atoms with Gasteiger partial charge in [0.05, 0.1) is 5.69 Å². The molecule has 2 aliphatic heterocycles. The van der Waals surface area contributed by atoms with Crippen molar-refractivity contribution in [2.75, 3.05) is 26.2 Å². The molecule has 2 fully saturated rings. The Hall–Kier alpha value is -2.28. The zero-order chi connectivity index (χ0) is 16.7. The molecule has 1 unspecified atom stereocenters. The summed E-state index contributed by atoms with van der Waals surface area (Å²) in [6, 6.07) is 6.47. The van der Waals surface area contributed by atoms with Crippen molar-refractivity contribution >= 4 is 5.91 Å². The quantitative estimate of drug-likeness (QED) is 0.840. The van der Waals surface area contributed by atoms with Crippen LogP contribution in [0.2, 0.25) is 0 Å². The van der Waals surface area contributed by atoms with E-state index in [9.17, 15) is 9.18 Å². The van der Waals surface area contributed by atoms with Gasteiger partial charge >= 0.3 is 0 Å². The molecule has 2 aliphatic rings. The van der Waals surface area contributed by atoms with Gasteiger partial charge in [-0.1, -0.05) is 0 Å². The van der Waals surface area contributed by atoms with Gasteiger partial charge in [0.2, 0.25) is 5.82 Å². The summed E-state index contributed by atoms with van der Waals surface area (Å²) in [5.41, 5.74) is 0.695. The summed E-state index contributed by atoms with van der Waals surface area (Å²) in [6.45, 7) is 5.34. The number of halogens is 1. The first kappa shape index (κ1) is 15.3. The first-order valence-electron chi connectivity index (χ1n) is 8.35. The Labute approximate surface area is 139 Å². The molecule has 0 bridgehead atoms. The lowest BCUT2D eigenvalue weighted by Gasteiger charge is -2.36. The van der Waals surface area contributed by atoms with E-state index in [2.05, 4.69) is 15.0 Å². The van der Waals surface area contributed by atoms with Crippen molar-refractivity contribution in [1.82, 2.24) is 24.6 Å². The molecular formula is C17H20FN5O. The van der Waals surface area contributed by atoms with Crippen LogP contribution in [-0.2, 0) is 0 Å². The van der Waals surface area contributed by atoms with Gasteiger partial charge in [-0.25, -0.2) is 14.1 Å². The Morgan fingerprint density at radius 3 is 2.79 bits per heavy atom. The van der Waals surface area contributed by atoms with Gasteiger partial charge in [-0.05, 0) is 50.6 Å². The Morgan fingerprint density at radius 2 is 2.00 bits per heavy atom. The summed E-state index contributed by atoms with van der Waals surface area (Å²) >= 11 is 0. The van der Waals surface area contributed by atoms with E-state index in [1.54, 1.807) is 23.7 Å². The summed E-state index contributed by atoms with van der Waals surface area (Å²) < 4.78 is 14.7. The number of aromatic nitrogens is 3. The summed E-state index contributed by atoms with van der Waals surface area (Å²) in [7, 11) is 0. The fourth-order valence-electron chi connectivity index (χ4n) is 3.62. The third-order valence-electron chi connectivity index (χ3n) is 4.91. The van der Waals surface area contributed by atoms with Crippen molar-refractivity contribution in [2.24, 2.45) is 0 Å². The smallest absolute Gasteiger partial charge is 0.293 e. The minimum absolute atomic E-state index is 0.120. The number of rotatable bonds is 2. The summed E-state index contributed by atoms with van der Waals surface area (Å²) in [4.78, 5) is 21.4. The van der Waals surface area contributed by atoms with E-state index in [1.807, 2.05) is 4.90 Å². The predicted octanol–water partition coefficient (Wildman–Crippen LogP) is 1.64. The van der Waals surface area contributed by atoms with Crippen molar-refractivity contribution in [3.05, 3.63) is 41.7 Å². The first-order chi connectivity index (χ1) is 11.6. The summed E-state index contributed by atoms with van der Waals surface area (Å²) in [5, 5.41) is 4.35. The molecule has 3 heterocycles. The molecule has 7 heteroatoms. The summed E-state index contributed by atoms with van der Waals surface area (Å²) in [5.74, 6) is 0.403. The highest BCUT2D eigenvalue weighted by atomic mass is 19.1. The monoisotopic (exact) mass is 329 g/mol. The van der Waals surface area contributed by atoms with Crippen LogP contribution in [0.25, 0.3) is 5.69 Å². The van der Waals surface area contributed by atoms with Crippen LogP contribution in [0.5, 0.6) is 0 Å². The maximum Gasteiger partial charge on any atom is 0.293 e. The molecule has 2 aromatic rings. The van der Waals surface area contributed by atoms with Gasteiger partial charge < -0.3 is 4.90 Å².